The van der Waals surface area contributed by atoms with Crippen LogP contribution in [0.1, 0.15) is 78.6 Å². The first-order chi connectivity index (χ1) is 13.1. The zero-order chi connectivity index (χ0) is 19.5. The summed E-state index contributed by atoms with van der Waals surface area (Å²) in [6.45, 7) is 6.54. The summed E-state index contributed by atoms with van der Waals surface area (Å²) >= 11 is 0. The Morgan fingerprint density at radius 2 is 1.11 bits per heavy atom. The Morgan fingerprint density at radius 3 is 1.52 bits per heavy atom. The molecule has 3 rings (SSSR count). The molecule has 0 spiro atoms. The van der Waals surface area contributed by atoms with E-state index in [9.17, 15) is 0 Å². The van der Waals surface area contributed by atoms with E-state index in [0.29, 0.717) is 17.3 Å². The van der Waals surface area contributed by atoms with Gasteiger partial charge >= 0.3 is 0 Å². The molecular formula is C22H35BO4. The maximum atomic E-state index is 5.89. The molecule has 0 saturated heterocycles. The second kappa shape index (κ2) is 12.3. The molecule has 0 amide bonds. The minimum Gasteiger partial charge on any atom is -0.337 e. The van der Waals surface area contributed by atoms with Gasteiger partial charge in [-0.2, -0.15) is 9.78 Å². The first-order valence-electron chi connectivity index (χ1n) is 10.6. The Hall–Kier alpha value is -1.20. The van der Waals surface area contributed by atoms with Crippen LogP contribution >= 0.6 is 0 Å². The average Bonchev–Trinajstić information content (AvgIpc) is 2.69. The maximum absolute atomic E-state index is 5.89. The second-order valence-electron chi connectivity index (χ2n) is 7.96. The second-order valence-corrected chi connectivity index (χ2v) is 7.96. The van der Waals surface area contributed by atoms with Gasteiger partial charge < -0.3 is 9.78 Å². The van der Waals surface area contributed by atoms with Crippen LogP contribution in [0.5, 0.6) is 11.5 Å². The van der Waals surface area contributed by atoms with Crippen molar-refractivity contribution in [1.82, 2.24) is 0 Å². The molecule has 150 valence electrons. The van der Waals surface area contributed by atoms with Crippen molar-refractivity contribution < 1.29 is 19.6 Å². The largest absolute Gasteiger partial charge is 0.337 e. The molecular weight excluding hydrogens is 339 g/mol. The molecule has 0 bridgehead atoms. The topological polar surface area (TPSA) is 36.9 Å². The normalized spacial score (nSPS) is 28.0. The van der Waals surface area contributed by atoms with Gasteiger partial charge in [0, 0.05) is 0 Å². The van der Waals surface area contributed by atoms with Gasteiger partial charge in [-0.3, -0.25) is 0 Å². The molecule has 0 heterocycles. The molecule has 5 heteroatoms. The first kappa shape index (κ1) is 22.1. The molecule has 0 unspecified atom stereocenters. The van der Waals surface area contributed by atoms with Crippen LogP contribution in [0.3, 0.4) is 0 Å². The minimum absolute atomic E-state index is 0.137. The van der Waals surface area contributed by atoms with Crippen molar-refractivity contribution in [3.05, 3.63) is 24.3 Å². The monoisotopic (exact) mass is 374 g/mol. The Kier molecular flexibility index (Phi) is 10.1. The van der Waals surface area contributed by atoms with E-state index >= 15 is 0 Å². The summed E-state index contributed by atoms with van der Waals surface area (Å²) in [7, 11) is 5.89. The van der Waals surface area contributed by atoms with Crippen LogP contribution in [0.25, 0.3) is 0 Å². The van der Waals surface area contributed by atoms with Gasteiger partial charge in [-0.05, 0) is 68.7 Å². The zero-order valence-electron chi connectivity index (χ0n) is 17.2. The van der Waals surface area contributed by atoms with E-state index in [-0.39, 0.29) is 12.2 Å². The Bertz CT molecular complexity index is 447. The lowest BCUT2D eigenvalue weighted by Crippen LogP contribution is -2.21. The van der Waals surface area contributed by atoms with Crippen molar-refractivity contribution in [2.75, 3.05) is 0 Å². The van der Waals surface area contributed by atoms with Crippen LogP contribution in [-0.2, 0) is 9.78 Å². The smallest absolute Gasteiger partial charge is 0.165 e. The quantitative estimate of drug-likeness (QED) is 0.337. The lowest BCUT2D eigenvalue weighted by Gasteiger charge is -2.25. The predicted molar refractivity (Wildman–Crippen MR) is 109 cm³/mol. The highest BCUT2D eigenvalue weighted by molar-refractivity contribution is 6.11. The van der Waals surface area contributed by atoms with Crippen LogP contribution in [-0.4, -0.2) is 20.1 Å². The highest BCUT2D eigenvalue weighted by Crippen LogP contribution is 2.29. The minimum atomic E-state index is 0.137. The summed E-state index contributed by atoms with van der Waals surface area (Å²) in [4.78, 5) is 21.9. The zero-order valence-corrected chi connectivity index (χ0v) is 17.2. The van der Waals surface area contributed by atoms with Crippen molar-refractivity contribution in [3.8, 4) is 11.5 Å². The molecule has 2 aliphatic carbocycles. The van der Waals surface area contributed by atoms with Gasteiger partial charge in [0.25, 0.3) is 0 Å². The van der Waals surface area contributed by atoms with Crippen LogP contribution < -0.4 is 9.78 Å². The van der Waals surface area contributed by atoms with E-state index in [2.05, 4.69) is 20.8 Å². The van der Waals surface area contributed by atoms with Crippen molar-refractivity contribution in [2.45, 2.75) is 96.6 Å². The molecule has 0 atom stereocenters. The van der Waals surface area contributed by atoms with Gasteiger partial charge in [0.1, 0.15) is 12.2 Å². The first-order valence-corrected chi connectivity index (χ1v) is 10.6. The van der Waals surface area contributed by atoms with E-state index in [0.717, 1.165) is 44.4 Å². The summed E-state index contributed by atoms with van der Waals surface area (Å²) in [5.74, 6) is 2.48. The summed E-state index contributed by atoms with van der Waals surface area (Å²) in [6.07, 6.45) is 10.1. The van der Waals surface area contributed by atoms with E-state index in [1.807, 2.05) is 24.3 Å². The molecule has 0 aromatic heterocycles. The highest BCUT2D eigenvalue weighted by Gasteiger charge is 2.21. The summed E-state index contributed by atoms with van der Waals surface area (Å²) in [5, 5.41) is 0. The van der Waals surface area contributed by atoms with Crippen molar-refractivity contribution in [3.63, 3.8) is 0 Å². The Morgan fingerprint density at radius 1 is 0.741 bits per heavy atom. The molecule has 2 aliphatic rings. The SMILES string of the molecule is CCC.[B]C1CCC(OOc2ccc(OOC3CCC(C)CC3)cc2)CC1. The maximum Gasteiger partial charge on any atom is 0.165 e. The van der Waals surface area contributed by atoms with Crippen molar-refractivity contribution >= 4 is 7.85 Å². The fourth-order valence-electron chi connectivity index (χ4n) is 3.31. The van der Waals surface area contributed by atoms with Gasteiger partial charge in [0.15, 0.2) is 11.5 Å². The molecule has 27 heavy (non-hydrogen) atoms. The fourth-order valence-corrected chi connectivity index (χ4v) is 3.31. The van der Waals surface area contributed by atoms with Gasteiger partial charge in [-0.15, -0.1) is 0 Å². The summed E-state index contributed by atoms with van der Waals surface area (Å²) in [5.41, 5.74) is 0. The third-order valence-electron chi connectivity index (χ3n) is 5.07. The van der Waals surface area contributed by atoms with Crippen LogP contribution in [0, 0.1) is 5.92 Å². The average molecular weight is 374 g/mol. The highest BCUT2D eigenvalue weighted by atomic mass is 17.2. The predicted octanol–water partition coefficient (Wildman–Crippen LogP) is 6.20. The third kappa shape index (κ3) is 8.57. The Labute approximate surface area is 166 Å². The molecule has 0 N–H and O–H groups in total. The van der Waals surface area contributed by atoms with Gasteiger partial charge in [0.2, 0.25) is 0 Å². The Balaban J connectivity index is 0.000000817. The molecule has 4 nitrogen and oxygen atoms in total. The van der Waals surface area contributed by atoms with Gasteiger partial charge in [-0.25, -0.2) is 0 Å². The summed E-state index contributed by atoms with van der Waals surface area (Å²) in [6, 6.07) is 7.33. The molecule has 1 aromatic carbocycles. The molecule has 2 saturated carbocycles. The lowest BCUT2D eigenvalue weighted by molar-refractivity contribution is -0.253. The van der Waals surface area contributed by atoms with Crippen LogP contribution in [0.2, 0.25) is 5.82 Å². The van der Waals surface area contributed by atoms with E-state index in [4.69, 9.17) is 27.4 Å². The molecule has 1 aromatic rings. The van der Waals surface area contributed by atoms with E-state index < -0.39 is 0 Å². The standard InChI is InChI=1S/C19H27BO4.C3H8/c1-14-2-6-16(7-3-14)21-23-18-10-12-19(13-11-18)24-22-17-8-4-15(20)5-9-17;1-3-2/h10-17H,2-9H2,1H3;3H2,1-2H3. The molecule has 2 fully saturated rings. The number of hydrogen-bond acceptors (Lipinski definition) is 4. The van der Waals surface area contributed by atoms with Crippen molar-refractivity contribution in [2.24, 2.45) is 5.92 Å². The van der Waals surface area contributed by atoms with E-state index in [1.165, 1.54) is 19.3 Å². The number of benzene rings is 1. The molecule has 0 aliphatic heterocycles. The van der Waals surface area contributed by atoms with Crippen molar-refractivity contribution in [1.29, 1.82) is 0 Å². The molecule has 2 radical (unpaired) electrons. The third-order valence-corrected chi connectivity index (χ3v) is 5.07. The van der Waals surface area contributed by atoms with E-state index in [1.54, 1.807) is 0 Å². The van der Waals surface area contributed by atoms with Crippen LogP contribution in [0.15, 0.2) is 24.3 Å². The van der Waals surface area contributed by atoms with Crippen LogP contribution in [0.4, 0.5) is 0 Å². The van der Waals surface area contributed by atoms with Gasteiger partial charge in [0.05, 0.1) is 7.85 Å². The van der Waals surface area contributed by atoms with Gasteiger partial charge in [-0.1, -0.05) is 45.9 Å². The lowest BCUT2D eigenvalue weighted by atomic mass is 9.75. The number of hydrogen-bond donors (Lipinski definition) is 0. The summed E-state index contributed by atoms with van der Waals surface area (Å²) < 4.78 is 0. The fraction of sp³-hybridized carbons (Fsp3) is 0.727. The number of rotatable bonds is 6.